The van der Waals surface area contributed by atoms with Gasteiger partial charge in [-0.3, -0.25) is 0 Å². The van der Waals surface area contributed by atoms with Crippen LogP contribution in [0.15, 0.2) is 115 Å². The van der Waals surface area contributed by atoms with E-state index in [0.717, 1.165) is 0 Å². The lowest BCUT2D eigenvalue weighted by atomic mass is 10.1. The first-order chi connectivity index (χ1) is 16.4. The number of fused-ring (bicyclic) bond motifs is 6. The number of rotatable bonds is 3. The molecule has 3 heteroatoms. The number of nitrogens with zero attached hydrogens (tertiary/aromatic N) is 1. The van der Waals surface area contributed by atoms with E-state index in [2.05, 4.69) is 120 Å². The third-order valence-corrected chi connectivity index (χ3v) is 8.62. The van der Waals surface area contributed by atoms with E-state index in [9.17, 15) is 0 Å². The van der Waals surface area contributed by atoms with Crippen molar-refractivity contribution in [2.45, 2.75) is 0 Å². The molecule has 7 rings (SSSR count). The standard InChI is InChI=1S/C30H19NS2/c1-2-9-20(10-3-1)31(21-17-18-29-25(19-21)23-12-5-6-15-27(23)32-29)26-14-8-13-24-22-11-4-7-16-28(22)33-30(24)26/h1-19H. The molecule has 0 aliphatic carbocycles. The molecular weight excluding hydrogens is 438 g/mol. The van der Waals surface area contributed by atoms with E-state index < -0.39 is 0 Å². The average Bonchev–Trinajstić information content (AvgIpc) is 3.44. The Kier molecular flexibility index (Phi) is 4.26. The van der Waals surface area contributed by atoms with Crippen LogP contribution in [0.5, 0.6) is 0 Å². The van der Waals surface area contributed by atoms with Gasteiger partial charge in [0, 0.05) is 47.0 Å². The number of anilines is 3. The third kappa shape index (κ3) is 2.97. The number of hydrogen-bond acceptors (Lipinski definition) is 3. The Morgan fingerprint density at radius 2 is 1.06 bits per heavy atom. The molecule has 156 valence electrons. The molecule has 0 radical (unpaired) electrons. The molecule has 0 unspecified atom stereocenters. The maximum Gasteiger partial charge on any atom is 0.0640 e. The normalized spacial score (nSPS) is 11.6. The van der Waals surface area contributed by atoms with Crippen molar-refractivity contribution in [1.29, 1.82) is 0 Å². The maximum atomic E-state index is 2.41. The Bertz CT molecular complexity index is 1780. The van der Waals surface area contributed by atoms with Crippen molar-refractivity contribution < 1.29 is 0 Å². The molecule has 0 N–H and O–H groups in total. The zero-order chi connectivity index (χ0) is 21.8. The van der Waals surface area contributed by atoms with Crippen LogP contribution in [0.4, 0.5) is 17.1 Å². The van der Waals surface area contributed by atoms with Gasteiger partial charge in [0.15, 0.2) is 0 Å². The lowest BCUT2D eigenvalue weighted by Gasteiger charge is -2.26. The van der Waals surface area contributed by atoms with Crippen molar-refractivity contribution >= 4 is 80.1 Å². The number of para-hydroxylation sites is 1. The first-order valence-electron chi connectivity index (χ1n) is 11.0. The van der Waals surface area contributed by atoms with Crippen molar-refractivity contribution in [2.24, 2.45) is 0 Å². The summed E-state index contributed by atoms with van der Waals surface area (Å²) in [7, 11) is 0. The lowest BCUT2D eigenvalue weighted by molar-refractivity contribution is 1.31. The predicted molar refractivity (Wildman–Crippen MR) is 147 cm³/mol. The van der Waals surface area contributed by atoms with Crippen LogP contribution in [0.2, 0.25) is 0 Å². The zero-order valence-corrected chi connectivity index (χ0v) is 19.4. The molecule has 0 atom stereocenters. The van der Waals surface area contributed by atoms with Crippen LogP contribution in [0, 0.1) is 0 Å². The summed E-state index contributed by atoms with van der Waals surface area (Å²) < 4.78 is 5.31. The summed E-state index contributed by atoms with van der Waals surface area (Å²) in [5, 5.41) is 5.28. The van der Waals surface area contributed by atoms with E-state index in [4.69, 9.17) is 0 Å². The van der Waals surface area contributed by atoms with E-state index in [1.165, 1.54) is 57.4 Å². The van der Waals surface area contributed by atoms with Crippen LogP contribution >= 0.6 is 22.7 Å². The number of hydrogen-bond donors (Lipinski definition) is 0. The van der Waals surface area contributed by atoms with Gasteiger partial charge in [0.2, 0.25) is 0 Å². The van der Waals surface area contributed by atoms with Crippen molar-refractivity contribution in [3.63, 3.8) is 0 Å². The Labute approximate surface area is 199 Å². The van der Waals surface area contributed by atoms with Gasteiger partial charge >= 0.3 is 0 Å². The van der Waals surface area contributed by atoms with Gasteiger partial charge in [-0.05, 0) is 48.5 Å². The van der Waals surface area contributed by atoms with E-state index in [1.54, 1.807) is 0 Å². The molecule has 33 heavy (non-hydrogen) atoms. The van der Waals surface area contributed by atoms with Crippen LogP contribution in [-0.4, -0.2) is 0 Å². The topological polar surface area (TPSA) is 3.24 Å². The summed E-state index contributed by atoms with van der Waals surface area (Å²) in [4.78, 5) is 2.41. The first-order valence-corrected chi connectivity index (χ1v) is 12.7. The highest BCUT2D eigenvalue weighted by atomic mass is 32.1. The van der Waals surface area contributed by atoms with Crippen LogP contribution in [0.25, 0.3) is 40.3 Å². The summed E-state index contributed by atoms with van der Waals surface area (Å²) in [5.74, 6) is 0. The minimum atomic E-state index is 1.17. The molecule has 2 aromatic heterocycles. The minimum absolute atomic E-state index is 1.17. The van der Waals surface area contributed by atoms with E-state index in [1.807, 2.05) is 22.7 Å². The Hall–Kier alpha value is -3.66. The van der Waals surface area contributed by atoms with Gasteiger partial charge in [0.05, 0.1) is 10.4 Å². The summed E-state index contributed by atoms with van der Waals surface area (Å²) in [6.07, 6.45) is 0. The fourth-order valence-corrected chi connectivity index (χ4v) is 7.06. The molecule has 0 aliphatic rings. The molecule has 0 aliphatic heterocycles. The summed E-state index contributed by atoms with van der Waals surface area (Å²) >= 11 is 3.74. The fourth-order valence-electron chi connectivity index (χ4n) is 4.77. The quantitative estimate of drug-likeness (QED) is 0.255. The largest absolute Gasteiger partial charge is 0.309 e. The third-order valence-electron chi connectivity index (χ3n) is 6.26. The first kappa shape index (κ1) is 18.9. The molecule has 0 saturated carbocycles. The molecule has 0 spiro atoms. The average molecular weight is 458 g/mol. The predicted octanol–water partition coefficient (Wildman–Crippen LogP) is 9.89. The molecule has 1 nitrogen and oxygen atoms in total. The highest BCUT2D eigenvalue weighted by Crippen LogP contribution is 2.45. The molecule has 5 aromatic carbocycles. The van der Waals surface area contributed by atoms with Crippen molar-refractivity contribution in [1.82, 2.24) is 0 Å². The van der Waals surface area contributed by atoms with Crippen molar-refractivity contribution in [2.75, 3.05) is 4.90 Å². The SMILES string of the molecule is c1ccc(N(c2ccc3sc4ccccc4c3c2)c2cccc3c2sc2ccccc23)cc1. The number of benzene rings is 5. The summed E-state index contributed by atoms with van der Waals surface area (Å²) in [6.45, 7) is 0. The zero-order valence-electron chi connectivity index (χ0n) is 17.7. The Morgan fingerprint density at radius 1 is 0.424 bits per heavy atom. The van der Waals surface area contributed by atoms with Gasteiger partial charge < -0.3 is 4.90 Å². The Balaban J connectivity index is 1.53. The van der Waals surface area contributed by atoms with Crippen molar-refractivity contribution in [3.8, 4) is 0 Å². The lowest BCUT2D eigenvalue weighted by Crippen LogP contribution is -2.09. The fraction of sp³-hybridized carbons (Fsp3) is 0. The van der Waals surface area contributed by atoms with Gasteiger partial charge in [-0.1, -0.05) is 66.7 Å². The molecular formula is C30H19NS2. The second-order valence-electron chi connectivity index (χ2n) is 8.20. The molecule has 7 aromatic rings. The molecule has 0 bridgehead atoms. The Morgan fingerprint density at radius 3 is 1.88 bits per heavy atom. The molecule has 0 fully saturated rings. The highest BCUT2D eigenvalue weighted by Gasteiger charge is 2.18. The smallest absolute Gasteiger partial charge is 0.0640 e. The van der Waals surface area contributed by atoms with Crippen LogP contribution in [0.3, 0.4) is 0 Å². The minimum Gasteiger partial charge on any atom is -0.309 e. The van der Waals surface area contributed by atoms with Crippen LogP contribution in [-0.2, 0) is 0 Å². The monoisotopic (exact) mass is 457 g/mol. The highest BCUT2D eigenvalue weighted by molar-refractivity contribution is 7.26. The molecule has 2 heterocycles. The van der Waals surface area contributed by atoms with Crippen molar-refractivity contribution in [3.05, 3.63) is 115 Å². The summed E-state index contributed by atoms with van der Waals surface area (Å²) in [5.41, 5.74) is 3.57. The van der Waals surface area contributed by atoms with Gasteiger partial charge in [0.25, 0.3) is 0 Å². The van der Waals surface area contributed by atoms with Gasteiger partial charge in [-0.25, -0.2) is 0 Å². The van der Waals surface area contributed by atoms with E-state index >= 15 is 0 Å². The van der Waals surface area contributed by atoms with E-state index in [-0.39, 0.29) is 0 Å². The second kappa shape index (κ2) is 7.45. The van der Waals surface area contributed by atoms with Crippen LogP contribution < -0.4 is 4.90 Å². The molecule has 0 saturated heterocycles. The second-order valence-corrected chi connectivity index (χ2v) is 10.3. The van der Waals surface area contributed by atoms with Gasteiger partial charge in [-0.2, -0.15) is 0 Å². The van der Waals surface area contributed by atoms with Crippen LogP contribution in [0.1, 0.15) is 0 Å². The number of thiophene rings is 2. The van der Waals surface area contributed by atoms with E-state index in [0.29, 0.717) is 0 Å². The summed E-state index contributed by atoms with van der Waals surface area (Å²) in [6, 6.07) is 41.7. The molecule has 0 amide bonds. The van der Waals surface area contributed by atoms with Gasteiger partial charge in [0.1, 0.15) is 0 Å². The maximum absolute atomic E-state index is 2.41. The van der Waals surface area contributed by atoms with Gasteiger partial charge in [-0.15, -0.1) is 22.7 Å².